The molecule has 3 aliphatic rings. The minimum atomic E-state index is 0.377. The minimum Gasteiger partial charge on any atom is -0.360 e. The van der Waals surface area contributed by atoms with Gasteiger partial charge in [-0.15, -0.1) is 0 Å². The maximum absolute atomic E-state index is 5.98. The van der Waals surface area contributed by atoms with Gasteiger partial charge >= 0.3 is 0 Å². The molecule has 0 amide bonds. The Kier molecular flexibility index (Phi) is 4.76. The van der Waals surface area contributed by atoms with Crippen molar-refractivity contribution in [3.05, 3.63) is 70.1 Å². The molecule has 7 rings (SSSR count). The number of hydrogen-bond acceptors (Lipinski definition) is 4. The van der Waals surface area contributed by atoms with Crippen LogP contribution in [0.5, 0.6) is 0 Å². The van der Waals surface area contributed by atoms with Crippen molar-refractivity contribution in [3.63, 3.8) is 0 Å². The molecule has 3 fully saturated rings. The van der Waals surface area contributed by atoms with Crippen molar-refractivity contribution >= 4 is 22.9 Å². The molecule has 3 aromatic heterocycles. The molecular weight excluding hydrogens is 444 g/mol. The number of anilines is 1. The summed E-state index contributed by atoms with van der Waals surface area (Å²) in [4.78, 5) is 7.53. The Morgan fingerprint density at radius 1 is 1.03 bits per heavy atom. The predicted molar refractivity (Wildman–Crippen MR) is 145 cm³/mol. The summed E-state index contributed by atoms with van der Waals surface area (Å²) in [5, 5.41) is 5.87. The zero-order chi connectivity index (χ0) is 24.6. The van der Waals surface area contributed by atoms with Crippen molar-refractivity contribution in [1.82, 2.24) is 14.7 Å². The van der Waals surface area contributed by atoms with Crippen LogP contribution in [-0.4, -0.2) is 27.8 Å². The van der Waals surface area contributed by atoms with Crippen LogP contribution in [0.1, 0.15) is 66.0 Å². The summed E-state index contributed by atoms with van der Waals surface area (Å²) in [6, 6.07) is 10.9. The first-order chi connectivity index (χ1) is 17.4. The third kappa shape index (κ3) is 3.43. The highest BCUT2D eigenvalue weighted by atomic mass is 16.5. The monoisotopic (exact) mass is 478 g/mol. The van der Waals surface area contributed by atoms with Crippen LogP contribution in [0.25, 0.3) is 28.4 Å². The van der Waals surface area contributed by atoms with E-state index >= 15 is 0 Å². The lowest BCUT2D eigenvalue weighted by molar-refractivity contribution is 0.243. The van der Waals surface area contributed by atoms with Gasteiger partial charge in [-0.25, -0.2) is 4.98 Å². The van der Waals surface area contributed by atoms with Crippen LogP contribution in [0.4, 0.5) is 5.82 Å². The van der Waals surface area contributed by atoms with Gasteiger partial charge in [-0.3, -0.25) is 0 Å². The smallest absolute Gasteiger partial charge is 0.147 e. The summed E-state index contributed by atoms with van der Waals surface area (Å²) < 4.78 is 8.13. The molecule has 4 heterocycles. The standard InChI is InChI=1S/C31H34N4O/c1-19-6-5-7-20(2)27(19)28-25(29(36-33-28)23-8-9-23)14-22-15-31(16-22)12-13-35(18-31)26-11-10-24-21(3)17-34(4)30(24)32-26/h5-7,10-11,14,17,23H,8-9,12-13,15-16,18H2,1-4H3. The number of allylic oxidation sites excluding steroid dienone is 1. The van der Waals surface area contributed by atoms with Gasteiger partial charge in [0.05, 0.1) is 0 Å². The van der Waals surface area contributed by atoms with Gasteiger partial charge in [0.15, 0.2) is 0 Å². The highest BCUT2D eigenvalue weighted by Gasteiger charge is 2.46. The Hall–Kier alpha value is -3.34. The molecule has 1 saturated heterocycles. The first kappa shape index (κ1) is 21.9. The number of rotatable bonds is 4. The summed E-state index contributed by atoms with van der Waals surface area (Å²) in [6.07, 6.45) is 10.6. The summed E-state index contributed by atoms with van der Waals surface area (Å²) in [7, 11) is 2.09. The van der Waals surface area contributed by atoms with Crippen molar-refractivity contribution in [3.8, 4) is 11.3 Å². The third-order valence-corrected chi connectivity index (χ3v) is 8.74. The van der Waals surface area contributed by atoms with Crippen LogP contribution in [0.15, 0.2) is 46.6 Å². The summed E-state index contributed by atoms with van der Waals surface area (Å²) in [6.45, 7) is 8.70. The number of benzene rings is 1. The number of aromatic nitrogens is 3. The topological polar surface area (TPSA) is 47.1 Å². The molecule has 0 atom stereocenters. The van der Waals surface area contributed by atoms with E-state index in [-0.39, 0.29) is 0 Å². The predicted octanol–water partition coefficient (Wildman–Crippen LogP) is 7.10. The molecule has 2 saturated carbocycles. The van der Waals surface area contributed by atoms with E-state index in [0.717, 1.165) is 48.9 Å². The first-order valence-corrected chi connectivity index (χ1v) is 13.3. The highest BCUT2D eigenvalue weighted by molar-refractivity contribution is 5.82. The molecule has 2 aliphatic carbocycles. The van der Waals surface area contributed by atoms with Crippen LogP contribution in [-0.2, 0) is 7.05 Å². The molecule has 1 spiro atoms. The van der Waals surface area contributed by atoms with Crippen LogP contribution in [0.3, 0.4) is 0 Å². The van der Waals surface area contributed by atoms with E-state index in [0.29, 0.717) is 11.3 Å². The Bertz CT molecular complexity index is 1510. The molecule has 36 heavy (non-hydrogen) atoms. The van der Waals surface area contributed by atoms with Gasteiger partial charge in [-0.1, -0.05) is 28.9 Å². The maximum atomic E-state index is 5.98. The third-order valence-electron chi connectivity index (χ3n) is 8.74. The van der Waals surface area contributed by atoms with E-state index < -0.39 is 0 Å². The molecular formula is C31H34N4O. The van der Waals surface area contributed by atoms with E-state index in [1.165, 1.54) is 58.0 Å². The summed E-state index contributed by atoms with van der Waals surface area (Å²) >= 11 is 0. The van der Waals surface area contributed by atoms with E-state index in [1.54, 1.807) is 0 Å². The fourth-order valence-corrected chi connectivity index (χ4v) is 6.71. The van der Waals surface area contributed by atoms with E-state index in [1.807, 2.05) is 0 Å². The Morgan fingerprint density at radius 3 is 2.56 bits per heavy atom. The van der Waals surface area contributed by atoms with Crippen LogP contribution >= 0.6 is 0 Å². The van der Waals surface area contributed by atoms with E-state index in [9.17, 15) is 0 Å². The molecule has 5 heteroatoms. The van der Waals surface area contributed by atoms with Crippen LogP contribution in [0.2, 0.25) is 0 Å². The molecule has 5 nitrogen and oxygen atoms in total. The molecule has 0 radical (unpaired) electrons. The second-order valence-electron chi connectivity index (χ2n) is 11.6. The van der Waals surface area contributed by atoms with Gasteiger partial charge in [-0.2, -0.15) is 0 Å². The average Bonchev–Trinajstić information content (AvgIpc) is 3.34. The van der Waals surface area contributed by atoms with Crippen molar-refractivity contribution in [2.75, 3.05) is 18.0 Å². The second kappa shape index (κ2) is 7.83. The molecule has 0 bridgehead atoms. The lowest BCUT2D eigenvalue weighted by Crippen LogP contribution is -2.35. The number of hydrogen-bond donors (Lipinski definition) is 0. The molecule has 4 aromatic rings. The van der Waals surface area contributed by atoms with E-state index in [4.69, 9.17) is 9.51 Å². The lowest BCUT2D eigenvalue weighted by atomic mass is 9.64. The van der Waals surface area contributed by atoms with Gasteiger partial charge in [0, 0.05) is 48.8 Å². The van der Waals surface area contributed by atoms with Crippen LogP contribution < -0.4 is 4.90 Å². The van der Waals surface area contributed by atoms with Gasteiger partial charge in [0.2, 0.25) is 0 Å². The Balaban J connectivity index is 1.14. The lowest BCUT2D eigenvalue weighted by Gasteiger charge is -2.41. The largest absolute Gasteiger partial charge is 0.360 e. The number of pyridine rings is 1. The van der Waals surface area contributed by atoms with Crippen molar-refractivity contribution < 1.29 is 4.52 Å². The van der Waals surface area contributed by atoms with Gasteiger partial charge in [0.1, 0.15) is 22.9 Å². The number of nitrogens with zero attached hydrogens (tertiary/aromatic N) is 4. The molecule has 1 aliphatic heterocycles. The van der Waals surface area contributed by atoms with Crippen molar-refractivity contribution in [2.24, 2.45) is 12.5 Å². The minimum absolute atomic E-state index is 0.377. The highest BCUT2D eigenvalue weighted by Crippen LogP contribution is 2.54. The number of aryl methyl sites for hydroxylation is 4. The van der Waals surface area contributed by atoms with Crippen LogP contribution in [0, 0.1) is 26.2 Å². The maximum Gasteiger partial charge on any atom is 0.147 e. The van der Waals surface area contributed by atoms with Gasteiger partial charge < -0.3 is 14.0 Å². The SMILES string of the molecule is Cc1cccc(C)c1-c1noc(C2CC2)c1C=C1CC2(CCN(c3ccc4c(C)cn(C)c4n3)C2)C1. The Labute approximate surface area is 212 Å². The normalized spacial score (nSPS) is 21.6. The zero-order valence-corrected chi connectivity index (χ0v) is 21.8. The fourth-order valence-electron chi connectivity index (χ4n) is 6.71. The molecule has 184 valence electrons. The Morgan fingerprint density at radius 2 is 1.81 bits per heavy atom. The van der Waals surface area contributed by atoms with Gasteiger partial charge in [0.25, 0.3) is 0 Å². The quantitative estimate of drug-likeness (QED) is 0.314. The van der Waals surface area contributed by atoms with Crippen molar-refractivity contribution in [1.29, 1.82) is 0 Å². The molecule has 0 N–H and O–H groups in total. The molecule has 1 aromatic carbocycles. The number of fused-ring (bicyclic) bond motifs is 1. The second-order valence-corrected chi connectivity index (χ2v) is 11.6. The molecule has 0 unspecified atom stereocenters. The summed E-state index contributed by atoms with van der Waals surface area (Å²) in [5.74, 6) is 2.76. The van der Waals surface area contributed by atoms with Crippen molar-refractivity contribution in [2.45, 2.75) is 58.8 Å². The summed E-state index contributed by atoms with van der Waals surface area (Å²) in [5.41, 5.74) is 10.3. The average molecular weight is 479 g/mol. The first-order valence-electron chi connectivity index (χ1n) is 13.3. The van der Waals surface area contributed by atoms with E-state index in [2.05, 4.69) is 85.0 Å². The van der Waals surface area contributed by atoms with Gasteiger partial charge in [-0.05, 0) is 93.2 Å². The zero-order valence-electron chi connectivity index (χ0n) is 21.8. The fraction of sp³-hybridized carbons (Fsp3) is 0.419.